The monoisotopic (exact) mass is 230 g/mol. The number of carboxylic acid groups (broad SMARTS) is 1. The van der Waals surface area contributed by atoms with Gasteiger partial charge in [0.05, 0.1) is 13.0 Å². The molecule has 1 rings (SSSR count). The van der Waals surface area contributed by atoms with E-state index in [1.807, 2.05) is 0 Å². The first kappa shape index (κ1) is 12.4. The lowest BCUT2D eigenvalue weighted by molar-refractivity contribution is -0.141. The molecule has 3 nitrogen and oxygen atoms in total. The molecule has 1 aromatic rings. The van der Waals surface area contributed by atoms with Gasteiger partial charge in [0.25, 0.3) is 0 Å². The summed E-state index contributed by atoms with van der Waals surface area (Å²) in [5.41, 5.74) is 0.133. The number of ether oxygens (including phenoxy) is 1. The second-order valence-electron chi connectivity index (χ2n) is 3.52. The fraction of sp³-hybridized carbons (Fsp3) is 0.364. The summed E-state index contributed by atoms with van der Waals surface area (Å²) in [7, 11) is 1.26. The van der Waals surface area contributed by atoms with Crippen LogP contribution in [0.25, 0.3) is 0 Å². The minimum atomic E-state index is -1.03. The number of carbonyl (C=O) groups is 1. The number of carboxylic acids is 1. The van der Waals surface area contributed by atoms with E-state index in [2.05, 4.69) is 0 Å². The highest BCUT2D eigenvalue weighted by Crippen LogP contribution is 2.23. The molecule has 0 radical (unpaired) electrons. The van der Waals surface area contributed by atoms with E-state index in [9.17, 15) is 13.6 Å². The Labute approximate surface area is 91.7 Å². The minimum Gasteiger partial charge on any atom is -0.494 e. The van der Waals surface area contributed by atoms with Gasteiger partial charge in [0.15, 0.2) is 11.6 Å². The lowest BCUT2D eigenvalue weighted by Crippen LogP contribution is -2.13. The van der Waals surface area contributed by atoms with Gasteiger partial charge in [-0.1, -0.05) is 6.92 Å². The van der Waals surface area contributed by atoms with E-state index in [0.29, 0.717) is 6.07 Å². The Morgan fingerprint density at radius 1 is 1.44 bits per heavy atom. The largest absolute Gasteiger partial charge is 0.494 e. The van der Waals surface area contributed by atoms with Crippen molar-refractivity contribution in [2.24, 2.45) is 5.92 Å². The van der Waals surface area contributed by atoms with Gasteiger partial charge < -0.3 is 9.84 Å². The first-order valence-electron chi connectivity index (χ1n) is 4.70. The van der Waals surface area contributed by atoms with Gasteiger partial charge in [-0.15, -0.1) is 0 Å². The van der Waals surface area contributed by atoms with Crippen molar-refractivity contribution in [1.82, 2.24) is 0 Å². The number of rotatable bonds is 4. The molecule has 0 bridgehead atoms. The van der Waals surface area contributed by atoms with Gasteiger partial charge in [-0.25, -0.2) is 8.78 Å². The molecule has 1 N–H and O–H groups in total. The fourth-order valence-electron chi connectivity index (χ4n) is 1.30. The fourth-order valence-corrected chi connectivity index (χ4v) is 1.30. The molecular weight excluding hydrogens is 218 g/mol. The topological polar surface area (TPSA) is 46.5 Å². The first-order chi connectivity index (χ1) is 7.45. The second-order valence-corrected chi connectivity index (χ2v) is 3.52. The number of benzene rings is 1. The molecule has 0 saturated heterocycles. The van der Waals surface area contributed by atoms with Crippen LogP contribution in [0.5, 0.6) is 5.75 Å². The first-order valence-corrected chi connectivity index (χ1v) is 4.70. The van der Waals surface area contributed by atoms with Crippen LogP contribution in [0.4, 0.5) is 8.78 Å². The van der Waals surface area contributed by atoms with Crippen LogP contribution in [0.15, 0.2) is 12.1 Å². The third-order valence-corrected chi connectivity index (χ3v) is 2.27. The van der Waals surface area contributed by atoms with Crippen LogP contribution in [-0.4, -0.2) is 18.2 Å². The van der Waals surface area contributed by atoms with Gasteiger partial charge in [0.2, 0.25) is 0 Å². The van der Waals surface area contributed by atoms with Crippen LogP contribution in [0.2, 0.25) is 0 Å². The summed E-state index contributed by atoms with van der Waals surface area (Å²) in [6, 6.07) is 1.88. The molecule has 5 heteroatoms. The molecule has 0 spiro atoms. The highest BCUT2D eigenvalue weighted by Gasteiger charge is 2.16. The Kier molecular flexibility index (Phi) is 3.82. The summed E-state index contributed by atoms with van der Waals surface area (Å²) in [4.78, 5) is 10.6. The molecule has 1 unspecified atom stereocenters. The minimum absolute atomic E-state index is 0.00218. The maximum Gasteiger partial charge on any atom is 0.306 e. The van der Waals surface area contributed by atoms with Crippen LogP contribution in [0.1, 0.15) is 12.5 Å². The number of aliphatic carboxylic acids is 1. The smallest absolute Gasteiger partial charge is 0.306 e. The molecule has 0 amide bonds. The molecule has 1 aromatic carbocycles. The van der Waals surface area contributed by atoms with E-state index in [1.54, 1.807) is 0 Å². The van der Waals surface area contributed by atoms with Crippen LogP contribution >= 0.6 is 0 Å². The standard InChI is InChI=1S/C11H12F2O3/c1-6(11(14)15)3-7-4-10(16-2)9(13)5-8(7)12/h4-6H,3H2,1-2H3,(H,14,15). The number of hydrogen-bond acceptors (Lipinski definition) is 2. The molecule has 16 heavy (non-hydrogen) atoms. The van der Waals surface area contributed by atoms with E-state index >= 15 is 0 Å². The van der Waals surface area contributed by atoms with Gasteiger partial charge in [0, 0.05) is 6.07 Å². The number of hydrogen-bond donors (Lipinski definition) is 1. The lowest BCUT2D eigenvalue weighted by Gasteiger charge is -2.09. The van der Waals surface area contributed by atoms with Crippen molar-refractivity contribution in [3.8, 4) is 5.75 Å². The van der Waals surface area contributed by atoms with Crippen molar-refractivity contribution in [3.05, 3.63) is 29.3 Å². The van der Waals surface area contributed by atoms with Gasteiger partial charge >= 0.3 is 5.97 Å². The Bertz CT molecular complexity index is 404. The normalized spacial score (nSPS) is 12.2. The molecule has 0 heterocycles. The predicted octanol–water partition coefficient (Wildman–Crippen LogP) is 2.24. The summed E-state index contributed by atoms with van der Waals surface area (Å²) >= 11 is 0. The highest BCUT2D eigenvalue weighted by atomic mass is 19.1. The number of methoxy groups -OCH3 is 1. The van der Waals surface area contributed by atoms with Crippen LogP contribution in [0.3, 0.4) is 0 Å². The highest BCUT2D eigenvalue weighted by molar-refractivity contribution is 5.69. The van der Waals surface area contributed by atoms with E-state index in [-0.39, 0.29) is 17.7 Å². The summed E-state index contributed by atoms with van der Waals surface area (Å²) in [6.45, 7) is 1.46. The molecule has 0 aliphatic carbocycles. The van der Waals surface area contributed by atoms with Crippen molar-refractivity contribution in [1.29, 1.82) is 0 Å². The maximum atomic E-state index is 13.3. The zero-order valence-corrected chi connectivity index (χ0v) is 8.96. The average Bonchev–Trinajstić information content (AvgIpc) is 2.21. The summed E-state index contributed by atoms with van der Waals surface area (Å²) < 4.78 is 31.0. The van der Waals surface area contributed by atoms with Crippen LogP contribution in [0, 0.1) is 17.6 Å². The van der Waals surface area contributed by atoms with Gasteiger partial charge in [-0.2, -0.15) is 0 Å². The van der Waals surface area contributed by atoms with Gasteiger partial charge in [0.1, 0.15) is 5.82 Å². The summed E-state index contributed by atoms with van der Waals surface area (Å²) in [6.07, 6.45) is -0.00218. The zero-order valence-electron chi connectivity index (χ0n) is 8.96. The zero-order chi connectivity index (χ0) is 12.3. The van der Waals surface area contributed by atoms with Crippen molar-refractivity contribution in [3.63, 3.8) is 0 Å². The van der Waals surface area contributed by atoms with Crippen LogP contribution < -0.4 is 4.74 Å². The maximum absolute atomic E-state index is 13.3. The van der Waals surface area contributed by atoms with E-state index in [4.69, 9.17) is 9.84 Å². The Balaban J connectivity index is 3.00. The Morgan fingerprint density at radius 2 is 2.06 bits per heavy atom. The van der Waals surface area contributed by atoms with Gasteiger partial charge in [-0.05, 0) is 18.1 Å². The quantitative estimate of drug-likeness (QED) is 0.862. The van der Waals surface area contributed by atoms with Crippen LogP contribution in [-0.2, 0) is 11.2 Å². The molecular formula is C11H12F2O3. The second kappa shape index (κ2) is 4.92. The van der Waals surface area contributed by atoms with Crippen molar-refractivity contribution in [2.45, 2.75) is 13.3 Å². The molecule has 0 aromatic heterocycles. The summed E-state index contributed by atoms with van der Waals surface area (Å²) in [5, 5.41) is 8.69. The molecule has 0 fully saturated rings. The molecule has 88 valence electrons. The third kappa shape index (κ3) is 2.68. The van der Waals surface area contributed by atoms with E-state index < -0.39 is 23.5 Å². The van der Waals surface area contributed by atoms with Gasteiger partial charge in [-0.3, -0.25) is 4.79 Å². The van der Waals surface area contributed by atoms with E-state index in [1.165, 1.54) is 20.1 Å². The van der Waals surface area contributed by atoms with E-state index in [0.717, 1.165) is 0 Å². The Hall–Kier alpha value is -1.65. The lowest BCUT2D eigenvalue weighted by atomic mass is 10.0. The van der Waals surface area contributed by atoms with Crippen molar-refractivity contribution < 1.29 is 23.4 Å². The predicted molar refractivity (Wildman–Crippen MR) is 53.4 cm³/mol. The SMILES string of the molecule is COc1cc(CC(C)C(=O)O)c(F)cc1F. The molecule has 0 aliphatic rings. The number of halogens is 2. The van der Waals surface area contributed by atoms with Crippen molar-refractivity contribution >= 4 is 5.97 Å². The molecule has 0 aliphatic heterocycles. The van der Waals surface area contributed by atoms with Crippen molar-refractivity contribution in [2.75, 3.05) is 7.11 Å². The third-order valence-electron chi connectivity index (χ3n) is 2.27. The molecule has 1 atom stereocenters. The Morgan fingerprint density at radius 3 is 2.56 bits per heavy atom. The summed E-state index contributed by atoms with van der Waals surface area (Å²) in [5.74, 6) is -3.40. The molecule has 0 saturated carbocycles. The average molecular weight is 230 g/mol.